The second-order valence-electron chi connectivity index (χ2n) is 6.20. The van der Waals surface area contributed by atoms with Crippen LogP contribution in [0.5, 0.6) is 0 Å². The van der Waals surface area contributed by atoms with Gasteiger partial charge in [0.2, 0.25) is 0 Å². The number of carbonyl (C=O) groups is 1. The highest BCUT2D eigenvalue weighted by atomic mass is 35.5. The highest BCUT2D eigenvalue weighted by molar-refractivity contribution is 5.85. The number of halogens is 1. The first-order valence-corrected chi connectivity index (χ1v) is 6.06. The van der Waals surface area contributed by atoms with Crippen LogP contribution in [0.1, 0.15) is 40.0 Å². The van der Waals surface area contributed by atoms with Gasteiger partial charge in [0, 0.05) is 24.5 Å². The Kier molecular flexibility index (Phi) is 3.99. The number of likely N-dealkylation sites (tertiary alicyclic amines) is 1. The zero-order chi connectivity index (χ0) is 12.0. The van der Waals surface area contributed by atoms with E-state index in [9.17, 15) is 4.79 Å². The first-order chi connectivity index (χ1) is 7.32. The normalized spacial score (nSPS) is 26.4. The molecule has 1 atom stereocenters. The molecule has 0 aromatic carbocycles. The molecule has 1 heterocycles. The lowest BCUT2D eigenvalue weighted by molar-refractivity contribution is -0.0371. The molecule has 1 amide bonds. The van der Waals surface area contributed by atoms with Crippen LogP contribution >= 0.6 is 12.4 Å². The molecular weight excluding hydrogens is 240 g/mol. The van der Waals surface area contributed by atoms with E-state index in [-0.39, 0.29) is 30.0 Å². The standard InChI is InChI=1S/C12H22N2O2.ClH/c1-11(2,3)16-10(15)14-7-12(8-14)6-4-5-9(12)13;/h9H,4-8,13H2,1-3H3;1H/t9-;/m0./s1. The van der Waals surface area contributed by atoms with Crippen LogP contribution in [0.2, 0.25) is 0 Å². The predicted octanol–water partition coefficient (Wildman–Crippen LogP) is 2.16. The fourth-order valence-electron chi connectivity index (χ4n) is 2.73. The van der Waals surface area contributed by atoms with E-state index < -0.39 is 5.60 Å². The van der Waals surface area contributed by atoms with E-state index in [1.165, 1.54) is 6.42 Å². The van der Waals surface area contributed by atoms with Gasteiger partial charge in [-0.15, -0.1) is 12.4 Å². The van der Waals surface area contributed by atoms with Crippen molar-refractivity contribution in [1.82, 2.24) is 4.90 Å². The molecular formula is C12H23ClN2O2. The lowest BCUT2D eigenvalue weighted by atomic mass is 9.76. The fourth-order valence-corrected chi connectivity index (χ4v) is 2.73. The van der Waals surface area contributed by atoms with Crippen molar-refractivity contribution < 1.29 is 9.53 Å². The minimum atomic E-state index is -0.405. The summed E-state index contributed by atoms with van der Waals surface area (Å²) in [7, 11) is 0. The van der Waals surface area contributed by atoms with E-state index in [0.29, 0.717) is 0 Å². The van der Waals surface area contributed by atoms with Gasteiger partial charge in [0.05, 0.1) is 0 Å². The van der Waals surface area contributed by atoms with Gasteiger partial charge >= 0.3 is 6.09 Å². The summed E-state index contributed by atoms with van der Waals surface area (Å²) in [6.45, 7) is 7.23. The lowest BCUT2D eigenvalue weighted by Gasteiger charge is -2.50. The summed E-state index contributed by atoms with van der Waals surface area (Å²) >= 11 is 0. The highest BCUT2D eigenvalue weighted by Gasteiger charge is 2.52. The zero-order valence-corrected chi connectivity index (χ0v) is 11.7. The van der Waals surface area contributed by atoms with Gasteiger partial charge < -0.3 is 15.4 Å². The molecule has 0 aromatic rings. The summed E-state index contributed by atoms with van der Waals surface area (Å²) in [4.78, 5) is 13.5. The second kappa shape index (κ2) is 4.65. The van der Waals surface area contributed by atoms with Gasteiger partial charge in [-0.2, -0.15) is 0 Å². The van der Waals surface area contributed by atoms with Crippen molar-refractivity contribution in [2.45, 2.75) is 51.7 Å². The first kappa shape index (κ1) is 14.6. The second-order valence-corrected chi connectivity index (χ2v) is 6.20. The van der Waals surface area contributed by atoms with Crippen molar-refractivity contribution in [3.05, 3.63) is 0 Å². The smallest absolute Gasteiger partial charge is 0.410 e. The van der Waals surface area contributed by atoms with E-state index >= 15 is 0 Å². The zero-order valence-electron chi connectivity index (χ0n) is 10.9. The summed E-state index contributed by atoms with van der Waals surface area (Å²) in [5.41, 5.74) is 5.89. The van der Waals surface area contributed by atoms with Crippen molar-refractivity contribution in [3.8, 4) is 0 Å². The Bertz CT molecular complexity index is 295. The molecule has 4 nitrogen and oxygen atoms in total. The molecule has 1 saturated heterocycles. The van der Waals surface area contributed by atoms with Crippen LogP contribution in [-0.4, -0.2) is 35.7 Å². The minimum Gasteiger partial charge on any atom is -0.444 e. The van der Waals surface area contributed by atoms with Gasteiger partial charge in [0.25, 0.3) is 0 Å². The van der Waals surface area contributed by atoms with Crippen molar-refractivity contribution in [1.29, 1.82) is 0 Å². The van der Waals surface area contributed by atoms with E-state index in [1.54, 1.807) is 4.90 Å². The van der Waals surface area contributed by atoms with Gasteiger partial charge in [-0.25, -0.2) is 4.79 Å². The van der Waals surface area contributed by atoms with Crippen molar-refractivity contribution in [2.75, 3.05) is 13.1 Å². The van der Waals surface area contributed by atoms with E-state index in [4.69, 9.17) is 10.5 Å². The van der Waals surface area contributed by atoms with Crippen LogP contribution in [0.4, 0.5) is 4.79 Å². The highest BCUT2D eigenvalue weighted by Crippen LogP contribution is 2.44. The first-order valence-electron chi connectivity index (χ1n) is 6.06. The van der Waals surface area contributed by atoms with Crippen LogP contribution in [-0.2, 0) is 4.74 Å². The molecule has 2 rings (SSSR count). The maximum absolute atomic E-state index is 11.8. The molecule has 100 valence electrons. The Morgan fingerprint density at radius 2 is 2.00 bits per heavy atom. The molecule has 1 spiro atoms. The van der Waals surface area contributed by atoms with Crippen molar-refractivity contribution in [2.24, 2.45) is 11.1 Å². The number of carbonyl (C=O) groups excluding carboxylic acids is 1. The van der Waals surface area contributed by atoms with Crippen molar-refractivity contribution >= 4 is 18.5 Å². The molecule has 17 heavy (non-hydrogen) atoms. The summed E-state index contributed by atoms with van der Waals surface area (Å²) in [6, 6.07) is 0.270. The molecule has 1 aliphatic carbocycles. The van der Waals surface area contributed by atoms with E-state index in [1.807, 2.05) is 20.8 Å². The number of rotatable bonds is 0. The molecule has 2 fully saturated rings. The van der Waals surface area contributed by atoms with Gasteiger partial charge in [-0.3, -0.25) is 0 Å². The fraction of sp³-hybridized carbons (Fsp3) is 0.917. The third-order valence-electron chi connectivity index (χ3n) is 3.64. The van der Waals surface area contributed by atoms with E-state index in [0.717, 1.165) is 25.9 Å². The molecule has 2 aliphatic rings. The van der Waals surface area contributed by atoms with Gasteiger partial charge in [0.15, 0.2) is 0 Å². The monoisotopic (exact) mass is 262 g/mol. The van der Waals surface area contributed by atoms with Crippen LogP contribution in [0.15, 0.2) is 0 Å². The number of nitrogens with two attached hydrogens (primary N) is 1. The Balaban J connectivity index is 0.00000144. The molecule has 0 bridgehead atoms. The number of ether oxygens (including phenoxy) is 1. The SMILES string of the molecule is CC(C)(C)OC(=O)N1CC2(CCC[C@@H]2N)C1.Cl. The Hall–Kier alpha value is -0.480. The van der Waals surface area contributed by atoms with Crippen LogP contribution < -0.4 is 5.73 Å². The quantitative estimate of drug-likeness (QED) is 0.728. The van der Waals surface area contributed by atoms with Crippen LogP contribution in [0.3, 0.4) is 0 Å². The van der Waals surface area contributed by atoms with Gasteiger partial charge in [0.1, 0.15) is 5.60 Å². The predicted molar refractivity (Wildman–Crippen MR) is 69.3 cm³/mol. The van der Waals surface area contributed by atoms with Gasteiger partial charge in [-0.05, 0) is 33.6 Å². The number of nitrogens with zero attached hydrogens (tertiary/aromatic N) is 1. The number of hydrogen-bond donors (Lipinski definition) is 1. The summed E-state index contributed by atoms with van der Waals surface area (Å²) in [5.74, 6) is 0. The molecule has 0 radical (unpaired) electrons. The molecule has 2 N–H and O–H groups in total. The Labute approximate surface area is 109 Å². The number of hydrogen-bond acceptors (Lipinski definition) is 3. The molecule has 0 aromatic heterocycles. The maximum Gasteiger partial charge on any atom is 0.410 e. The topological polar surface area (TPSA) is 55.6 Å². The minimum absolute atomic E-state index is 0. The molecule has 0 unspecified atom stereocenters. The largest absolute Gasteiger partial charge is 0.444 e. The van der Waals surface area contributed by atoms with E-state index in [2.05, 4.69) is 0 Å². The summed E-state index contributed by atoms with van der Waals surface area (Å²) in [6.07, 6.45) is 3.26. The Morgan fingerprint density at radius 1 is 1.41 bits per heavy atom. The van der Waals surface area contributed by atoms with Crippen LogP contribution in [0, 0.1) is 5.41 Å². The molecule has 5 heteroatoms. The Morgan fingerprint density at radius 3 is 2.41 bits per heavy atom. The van der Waals surface area contributed by atoms with Crippen molar-refractivity contribution in [3.63, 3.8) is 0 Å². The molecule has 1 saturated carbocycles. The average molecular weight is 263 g/mol. The molecule has 1 aliphatic heterocycles. The van der Waals surface area contributed by atoms with Crippen LogP contribution in [0.25, 0.3) is 0 Å². The average Bonchev–Trinajstić information content (AvgIpc) is 2.40. The number of amides is 1. The summed E-state index contributed by atoms with van der Waals surface area (Å²) in [5, 5.41) is 0. The summed E-state index contributed by atoms with van der Waals surface area (Å²) < 4.78 is 5.33. The third-order valence-corrected chi connectivity index (χ3v) is 3.64. The third kappa shape index (κ3) is 2.86. The van der Waals surface area contributed by atoms with Gasteiger partial charge in [-0.1, -0.05) is 6.42 Å². The lowest BCUT2D eigenvalue weighted by Crippen LogP contribution is -2.63. The maximum atomic E-state index is 11.8.